The first-order valence-corrected chi connectivity index (χ1v) is 5.45. The van der Waals surface area contributed by atoms with Crippen molar-refractivity contribution in [2.75, 3.05) is 26.2 Å². The molecule has 0 aliphatic carbocycles. The van der Waals surface area contributed by atoms with Crippen molar-refractivity contribution in [3.05, 3.63) is 23.7 Å². The lowest BCUT2D eigenvalue weighted by Gasteiger charge is -2.31. The minimum atomic E-state index is -0.0196. The molecule has 2 N–H and O–H groups in total. The van der Waals surface area contributed by atoms with Crippen LogP contribution >= 0.6 is 24.8 Å². The molecule has 0 amide bonds. The van der Waals surface area contributed by atoms with Crippen LogP contribution in [0, 0.1) is 0 Å². The lowest BCUT2D eigenvalue weighted by atomic mass is 10.2. The summed E-state index contributed by atoms with van der Waals surface area (Å²) in [5.41, 5.74) is 0. The van der Waals surface area contributed by atoms with Gasteiger partial charge in [0.25, 0.3) is 0 Å². The number of rotatable bonds is 3. The van der Waals surface area contributed by atoms with E-state index in [0.29, 0.717) is 11.8 Å². The highest BCUT2D eigenvalue weighted by atomic mass is 35.5. The van der Waals surface area contributed by atoms with Gasteiger partial charge in [-0.25, -0.2) is 0 Å². The van der Waals surface area contributed by atoms with E-state index in [4.69, 9.17) is 9.52 Å². The molecular weight excluding hydrogens is 263 g/mol. The molecule has 0 aromatic carbocycles. The normalized spacial score (nSPS) is 18.0. The Bertz CT molecular complexity index is 314. The first-order valence-electron chi connectivity index (χ1n) is 5.45. The molecule has 1 aromatic heterocycles. The summed E-state index contributed by atoms with van der Waals surface area (Å²) in [6, 6.07) is 4.10. The second kappa shape index (κ2) is 7.95. The summed E-state index contributed by atoms with van der Waals surface area (Å²) in [5, 5.41) is 12.3. The molecule has 1 fully saturated rings. The van der Waals surface area contributed by atoms with Gasteiger partial charge in [0.15, 0.2) is 0 Å². The summed E-state index contributed by atoms with van der Waals surface area (Å²) in [4.78, 5) is 2.39. The van der Waals surface area contributed by atoms with E-state index in [1.54, 1.807) is 0 Å². The Labute approximate surface area is 114 Å². The zero-order valence-corrected chi connectivity index (χ0v) is 11.5. The number of hydrogen-bond donors (Lipinski definition) is 2. The highest BCUT2D eigenvalue weighted by Gasteiger charge is 2.20. The Kier molecular flexibility index (Phi) is 7.83. The fourth-order valence-corrected chi connectivity index (χ4v) is 1.95. The van der Waals surface area contributed by atoms with Gasteiger partial charge in [-0.3, -0.25) is 4.90 Å². The largest absolute Gasteiger partial charge is 0.462 e. The molecule has 1 aromatic rings. The predicted octanol–water partition coefficient (Wildman–Crippen LogP) is 1.58. The van der Waals surface area contributed by atoms with E-state index >= 15 is 0 Å². The Balaban J connectivity index is 0.00000128. The molecule has 2 rings (SSSR count). The molecule has 17 heavy (non-hydrogen) atoms. The third kappa shape index (κ3) is 4.16. The van der Waals surface area contributed by atoms with Crippen LogP contribution in [0.3, 0.4) is 0 Å². The molecule has 0 bridgehead atoms. The fourth-order valence-electron chi connectivity index (χ4n) is 1.95. The second-order valence-corrected chi connectivity index (χ2v) is 3.92. The molecule has 0 saturated carbocycles. The third-order valence-electron chi connectivity index (χ3n) is 2.95. The van der Waals surface area contributed by atoms with Crippen LogP contribution in [0.2, 0.25) is 0 Å². The van der Waals surface area contributed by atoms with E-state index in [1.807, 2.05) is 12.1 Å². The molecule has 1 aliphatic rings. The van der Waals surface area contributed by atoms with Crippen LogP contribution in [-0.4, -0.2) is 36.2 Å². The van der Waals surface area contributed by atoms with Crippen molar-refractivity contribution in [3.63, 3.8) is 0 Å². The molecule has 2 heterocycles. The van der Waals surface area contributed by atoms with Gasteiger partial charge in [0.2, 0.25) is 0 Å². The van der Waals surface area contributed by atoms with Gasteiger partial charge in [-0.2, -0.15) is 0 Å². The molecule has 1 atom stereocenters. The number of nitrogens with zero attached hydrogens (tertiary/aromatic N) is 1. The van der Waals surface area contributed by atoms with Gasteiger partial charge in [-0.15, -0.1) is 24.8 Å². The molecular formula is C11H20Cl2N2O2. The summed E-state index contributed by atoms with van der Waals surface area (Å²) in [7, 11) is 0. The third-order valence-corrected chi connectivity index (χ3v) is 2.95. The van der Waals surface area contributed by atoms with Crippen LogP contribution in [0.1, 0.15) is 24.5 Å². The number of piperazine rings is 1. The first kappa shape index (κ1) is 16.7. The Morgan fingerprint density at radius 3 is 2.53 bits per heavy atom. The van der Waals surface area contributed by atoms with Gasteiger partial charge in [0, 0.05) is 26.2 Å². The summed E-state index contributed by atoms with van der Waals surface area (Å²) in [6.45, 7) is 6.31. The fraction of sp³-hybridized carbons (Fsp3) is 0.636. The van der Waals surface area contributed by atoms with E-state index in [1.165, 1.54) is 0 Å². The maximum atomic E-state index is 8.93. The van der Waals surface area contributed by atoms with Crippen LogP contribution in [0.5, 0.6) is 0 Å². The van der Waals surface area contributed by atoms with Crippen molar-refractivity contribution in [2.45, 2.75) is 19.6 Å². The topological polar surface area (TPSA) is 48.6 Å². The monoisotopic (exact) mass is 282 g/mol. The standard InChI is InChI=1S/C11H18N2O2.2ClH/c1-9(13-6-4-12-5-7-13)11-3-2-10(8-14)15-11;;/h2-3,9,12,14H,4-8H2,1H3;2*1H/t9-;;/m1../s1. The molecule has 100 valence electrons. The summed E-state index contributed by atoms with van der Waals surface area (Å²) in [6.07, 6.45) is 0. The maximum Gasteiger partial charge on any atom is 0.129 e. The summed E-state index contributed by atoms with van der Waals surface area (Å²) in [5.74, 6) is 1.59. The van der Waals surface area contributed by atoms with Gasteiger partial charge in [-0.05, 0) is 19.1 Å². The van der Waals surface area contributed by atoms with Gasteiger partial charge >= 0.3 is 0 Å². The van der Waals surface area contributed by atoms with E-state index in [0.717, 1.165) is 31.9 Å². The van der Waals surface area contributed by atoms with Crippen LogP contribution < -0.4 is 5.32 Å². The average Bonchev–Trinajstić information content (AvgIpc) is 2.78. The number of aliphatic hydroxyl groups excluding tert-OH is 1. The van der Waals surface area contributed by atoms with Gasteiger partial charge < -0.3 is 14.8 Å². The zero-order valence-electron chi connectivity index (χ0n) is 9.89. The van der Waals surface area contributed by atoms with Gasteiger partial charge in [0.1, 0.15) is 18.1 Å². The highest BCUT2D eigenvalue weighted by Crippen LogP contribution is 2.22. The molecule has 0 radical (unpaired) electrons. The minimum Gasteiger partial charge on any atom is -0.462 e. The molecule has 4 nitrogen and oxygen atoms in total. The Hall–Kier alpha value is -0.260. The molecule has 0 unspecified atom stereocenters. The van der Waals surface area contributed by atoms with E-state index in [9.17, 15) is 0 Å². The molecule has 1 aliphatic heterocycles. The number of furan rings is 1. The molecule has 0 spiro atoms. The lowest BCUT2D eigenvalue weighted by Crippen LogP contribution is -2.44. The van der Waals surface area contributed by atoms with Crippen molar-refractivity contribution < 1.29 is 9.52 Å². The van der Waals surface area contributed by atoms with Crippen LogP contribution in [0.4, 0.5) is 0 Å². The Morgan fingerprint density at radius 2 is 2.00 bits per heavy atom. The summed E-state index contributed by atoms with van der Waals surface area (Å²) >= 11 is 0. The van der Waals surface area contributed by atoms with Crippen molar-refractivity contribution in [1.29, 1.82) is 0 Å². The van der Waals surface area contributed by atoms with E-state index in [-0.39, 0.29) is 31.4 Å². The number of halogens is 2. The smallest absolute Gasteiger partial charge is 0.129 e. The maximum absolute atomic E-state index is 8.93. The van der Waals surface area contributed by atoms with Crippen LogP contribution in [0.25, 0.3) is 0 Å². The zero-order chi connectivity index (χ0) is 10.7. The van der Waals surface area contributed by atoms with Crippen LogP contribution in [-0.2, 0) is 6.61 Å². The number of hydrogen-bond acceptors (Lipinski definition) is 4. The lowest BCUT2D eigenvalue weighted by molar-refractivity contribution is 0.160. The Morgan fingerprint density at radius 1 is 1.35 bits per heavy atom. The predicted molar refractivity (Wildman–Crippen MR) is 72.0 cm³/mol. The van der Waals surface area contributed by atoms with Crippen LogP contribution in [0.15, 0.2) is 16.5 Å². The van der Waals surface area contributed by atoms with Crippen molar-refractivity contribution >= 4 is 24.8 Å². The average molecular weight is 283 g/mol. The van der Waals surface area contributed by atoms with E-state index < -0.39 is 0 Å². The SMILES string of the molecule is C[C@H](c1ccc(CO)o1)N1CCNCC1.Cl.Cl. The molecule has 1 saturated heterocycles. The highest BCUT2D eigenvalue weighted by molar-refractivity contribution is 5.85. The quantitative estimate of drug-likeness (QED) is 0.884. The minimum absolute atomic E-state index is 0. The molecule has 6 heteroatoms. The number of aliphatic hydroxyl groups is 1. The van der Waals surface area contributed by atoms with Crippen molar-refractivity contribution in [3.8, 4) is 0 Å². The van der Waals surface area contributed by atoms with Gasteiger partial charge in [0.05, 0.1) is 6.04 Å². The van der Waals surface area contributed by atoms with E-state index in [2.05, 4.69) is 17.1 Å². The number of nitrogens with one attached hydrogen (secondary N) is 1. The van der Waals surface area contributed by atoms with Gasteiger partial charge in [-0.1, -0.05) is 0 Å². The summed E-state index contributed by atoms with van der Waals surface area (Å²) < 4.78 is 5.54. The second-order valence-electron chi connectivity index (χ2n) is 3.92. The first-order chi connectivity index (χ1) is 7.31. The van der Waals surface area contributed by atoms with Crippen molar-refractivity contribution in [1.82, 2.24) is 10.2 Å². The van der Waals surface area contributed by atoms with Crippen molar-refractivity contribution in [2.24, 2.45) is 0 Å².